The number of carbonyl (C=O) groups excluding carboxylic acids is 1. The molecule has 1 aromatic carbocycles. The quantitative estimate of drug-likeness (QED) is 0.595. The lowest BCUT2D eigenvalue weighted by Crippen LogP contribution is -2.25. The summed E-state index contributed by atoms with van der Waals surface area (Å²) in [5, 5.41) is 10.3. The van der Waals surface area contributed by atoms with E-state index >= 15 is 0 Å². The first-order valence-electron chi connectivity index (χ1n) is 6.65. The zero-order chi connectivity index (χ0) is 15.9. The summed E-state index contributed by atoms with van der Waals surface area (Å²) in [4.78, 5) is 16.3. The van der Waals surface area contributed by atoms with Crippen molar-refractivity contribution in [1.82, 2.24) is 20.5 Å². The van der Waals surface area contributed by atoms with Crippen LogP contribution in [-0.4, -0.2) is 47.6 Å². The van der Waals surface area contributed by atoms with Gasteiger partial charge in [0.05, 0.1) is 14.2 Å². The highest BCUT2D eigenvalue weighted by atomic mass is 32.2. The van der Waals surface area contributed by atoms with Gasteiger partial charge in [0.1, 0.15) is 17.3 Å². The van der Waals surface area contributed by atoms with Crippen LogP contribution >= 0.6 is 11.8 Å². The van der Waals surface area contributed by atoms with Crippen LogP contribution in [0.1, 0.15) is 16.2 Å². The summed E-state index contributed by atoms with van der Waals surface area (Å²) >= 11 is 1.48. The molecule has 0 saturated heterocycles. The van der Waals surface area contributed by atoms with Crippen molar-refractivity contribution in [2.45, 2.75) is 12.1 Å². The molecule has 0 atom stereocenters. The van der Waals surface area contributed by atoms with Gasteiger partial charge in [0.2, 0.25) is 5.16 Å². The number of benzene rings is 1. The molecule has 0 aliphatic heterocycles. The first-order valence-corrected chi connectivity index (χ1v) is 7.64. The third-order valence-electron chi connectivity index (χ3n) is 2.81. The molecule has 0 saturated carbocycles. The van der Waals surface area contributed by atoms with E-state index in [9.17, 15) is 4.79 Å². The van der Waals surface area contributed by atoms with Gasteiger partial charge in [-0.15, -0.1) is 5.10 Å². The number of thioether (sulfide) groups is 1. The molecule has 1 aromatic heterocycles. The maximum Gasteiger partial charge on any atom is 0.251 e. The van der Waals surface area contributed by atoms with E-state index in [1.54, 1.807) is 32.4 Å². The van der Waals surface area contributed by atoms with Gasteiger partial charge in [-0.1, -0.05) is 11.8 Å². The zero-order valence-corrected chi connectivity index (χ0v) is 13.5. The van der Waals surface area contributed by atoms with Gasteiger partial charge in [-0.2, -0.15) is 0 Å². The van der Waals surface area contributed by atoms with Crippen molar-refractivity contribution in [2.75, 3.05) is 26.5 Å². The Morgan fingerprint density at radius 3 is 2.50 bits per heavy atom. The van der Waals surface area contributed by atoms with Crippen LogP contribution in [0.25, 0.3) is 0 Å². The second-order valence-corrected chi connectivity index (χ2v) is 5.47. The zero-order valence-electron chi connectivity index (χ0n) is 12.7. The Hall–Kier alpha value is -2.22. The van der Waals surface area contributed by atoms with E-state index in [1.165, 1.54) is 11.8 Å². The van der Waals surface area contributed by atoms with Crippen molar-refractivity contribution in [2.24, 2.45) is 0 Å². The Kier molecular flexibility index (Phi) is 5.65. The van der Waals surface area contributed by atoms with Crippen molar-refractivity contribution in [3.05, 3.63) is 29.6 Å². The first-order chi connectivity index (χ1) is 10.6. The minimum absolute atomic E-state index is 0.177. The lowest BCUT2D eigenvalue weighted by atomic mass is 10.2. The summed E-state index contributed by atoms with van der Waals surface area (Å²) in [5.41, 5.74) is 0.495. The molecule has 2 aromatic rings. The van der Waals surface area contributed by atoms with Crippen LogP contribution in [0.2, 0.25) is 0 Å². The Balaban J connectivity index is 1.86. The first kappa shape index (κ1) is 16.2. The number of nitrogens with one attached hydrogen (secondary N) is 2. The Bertz CT molecular complexity index is 623. The minimum Gasteiger partial charge on any atom is -0.497 e. The van der Waals surface area contributed by atoms with Gasteiger partial charge in [0, 0.05) is 23.9 Å². The van der Waals surface area contributed by atoms with E-state index in [1.807, 2.05) is 6.92 Å². The number of ether oxygens (including phenoxy) is 2. The van der Waals surface area contributed by atoms with E-state index in [-0.39, 0.29) is 5.91 Å². The van der Waals surface area contributed by atoms with Crippen LogP contribution in [0.4, 0.5) is 0 Å². The summed E-state index contributed by atoms with van der Waals surface area (Å²) in [6, 6.07) is 5.06. The summed E-state index contributed by atoms with van der Waals surface area (Å²) in [7, 11) is 3.10. The van der Waals surface area contributed by atoms with Gasteiger partial charge < -0.3 is 14.8 Å². The predicted molar refractivity (Wildman–Crippen MR) is 83.7 cm³/mol. The Morgan fingerprint density at radius 1 is 1.27 bits per heavy atom. The van der Waals surface area contributed by atoms with Gasteiger partial charge >= 0.3 is 0 Å². The largest absolute Gasteiger partial charge is 0.497 e. The maximum absolute atomic E-state index is 12.1. The molecular weight excluding hydrogens is 304 g/mol. The van der Waals surface area contributed by atoms with Gasteiger partial charge in [-0.25, -0.2) is 4.98 Å². The molecule has 2 N–H and O–H groups in total. The molecule has 0 radical (unpaired) electrons. The average Bonchev–Trinajstić information content (AvgIpc) is 2.96. The van der Waals surface area contributed by atoms with Crippen LogP contribution in [0.15, 0.2) is 23.4 Å². The molecular formula is C14H18N4O3S. The normalized spacial score (nSPS) is 10.3. The summed E-state index contributed by atoms with van der Waals surface area (Å²) in [5.74, 6) is 2.44. The fraction of sp³-hybridized carbons (Fsp3) is 0.357. The second-order valence-electron chi connectivity index (χ2n) is 4.41. The Labute approximate surface area is 132 Å². The third kappa shape index (κ3) is 4.39. The second kappa shape index (κ2) is 7.69. The molecule has 1 heterocycles. The van der Waals surface area contributed by atoms with Crippen LogP contribution in [-0.2, 0) is 0 Å². The molecule has 118 valence electrons. The summed E-state index contributed by atoms with van der Waals surface area (Å²) in [6.07, 6.45) is 0. The molecule has 22 heavy (non-hydrogen) atoms. The van der Waals surface area contributed by atoms with Crippen LogP contribution in [0.5, 0.6) is 11.5 Å². The fourth-order valence-corrected chi connectivity index (χ4v) is 2.43. The number of rotatable bonds is 7. The molecule has 0 unspecified atom stereocenters. The van der Waals surface area contributed by atoms with Crippen LogP contribution in [0, 0.1) is 6.92 Å². The van der Waals surface area contributed by atoms with Gasteiger partial charge in [-0.3, -0.25) is 9.89 Å². The molecule has 8 heteroatoms. The highest BCUT2D eigenvalue weighted by Crippen LogP contribution is 2.22. The van der Waals surface area contributed by atoms with E-state index in [0.717, 1.165) is 5.82 Å². The molecule has 7 nitrogen and oxygen atoms in total. The fourth-order valence-electron chi connectivity index (χ4n) is 1.73. The molecule has 0 fully saturated rings. The Morgan fingerprint density at radius 2 is 1.95 bits per heavy atom. The number of methoxy groups -OCH3 is 2. The van der Waals surface area contributed by atoms with E-state index in [4.69, 9.17) is 9.47 Å². The van der Waals surface area contributed by atoms with E-state index in [2.05, 4.69) is 20.5 Å². The van der Waals surface area contributed by atoms with Gasteiger partial charge in [0.25, 0.3) is 5.91 Å². The molecule has 1 amide bonds. The third-order valence-corrected chi connectivity index (χ3v) is 3.66. The molecule has 0 aliphatic carbocycles. The topological polar surface area (TPSA) is 89.1 Å². The number of aromatic amines is 1. The van der Waals surface area contributed by atoms with Crippen LogP contribution < -0.4 is 14.8 Å². The van der Waals surface area contributed by atoms with Crippen molar-refractivity contribution in [1.29, 1.82) is 0 Å². The van der Waals surface area contributed by atoms with E-state index < -0.39 is 0 Å². The average molecular weight is 322 g/mol. The highest BCUT2D eigenvalue weighted by Gasteiger charge is 2.09. The number of nitrogens with zero attached hydrogens (tertiary/aromatic N) is 2. The number of carbonyl (C=O) groups is 1. The van der Waals surface area contributed by atoms with Crippen LogP contribution in [0.3, 0.4) is 0 Å². The van der Waals surface area contributed by atoms with Crippen molar-refractivity contribution < 1.29 is 14.3 Å². The SMILES string of the molecule is COc1cc(OC)cc(C(=O)NCCSc2n[nH]c(C)n2)c1. The summed E-state index contributed by atoms with van der Waals surface area (Å²) in [6.45, 7) is 2.35. The van der Waals surface area contributed by atoms with Crippen molar-refractivity contribution in [3.8, 4) is 11.5 Å². The maximum atomic E-state index is 12.1. The van der Waals surface area contributed by atoms with E-state index in [0.29, 0.717) is 34.5 Å². The predicted octanol–water partition coefficient (Wildman–Crippen LogP) is 1.65. The molecule has 2 rings (SSSR count). The number of amides is 1. The lowest BCUT2D eigenvalue weighted by Gasteiger charge is -2.09. The van der Waals surface area contributed by atoms with Crippen molar-refractivity contribution >= 4 is 17.7 Å². The number of hydrogen-bond donors (Lipinski definition) is 2. The standard InChI is InChI=1S/C14H18N4O3S/c1-9-16-14(18-17-9)22-5-4-15-13(19)10-6-11(20-2)8-12(7-10)21-3/h6-8H,4-5H2,1-3H3,(H,15,19)(H,16,17,18). The number of H-pyrrole nitrogens is 1. The number of hydrogen-bond acceptors (Lipinski definition) is 6. The molecule has 0 bridgehead atoms. The number of aryl methyl sites for hydroxylation is 1. The lowest BCUT2D eigenvalue weighted by molar-refractivity contribution is 0.0955. The molecule has 0 aliphatic rings. The minimum atomic E-state index is -0.177. The number of aromatic nitrogens is 3. The van der Waals surface area contributed by atoms with Gasteiger partial charge in [-0.05, 0) is 19.1 Å². The smallest absolute Gasteiger partial charge is 0.251 e. The summed E-state index contributed by atoms with van der Waals surface area (Å²) < 4.78 is 10.3. The van der Waals surface area contributed by atoms with Gasteiger partial charge in [0.15, 0.2) is 0 Å². The van der Waals surface area contributed by atoms with Crippen molar-refractivity contribution in [3.63, 3.8) is 0 Å². The monoisotopic (exact) mass is 322 g/mol. The highest BCUT2D eigenvalue weighted by molar-refractivity contribution is 7.99. The molecule has 0 spiro atoms.